The zero-order valence-corrected chi connectivity index (χ0v) is 14.3. The molecule has 1 heterocycles. The Kier molecular flexibility index (Phi) is 4.80. The number of methoxy groups -OCH3 is 1. The first kappa shape index (κ1) is 15.1. The Hall–Kier alpha value is -1.79. The van der Waals surface area contributed by atoms with Crippen molar-refractivity contribution in [3.8, 4) is 5.75 Å². The van der Waals surface area contributed by atoms with Crippen LogP contribution in [0, 0.1) is 0 Å². The highest BCUT2D eigenvalue weighted by atomic mass is 79.9. The van der Waals surface area contributed by atoms with Crippen LogP contribution in [-0.4, -0.2) is 23.7 Å². The molecule has 0 radical (unpaired) electrons. The number of ether oxygens (including phenoxy) is 1. The highest BCUT2D eigenvalue weighted by Crippen LogP contribution is 2.23. The fourth-order valence-corrected chi connectivity index (χ4v) is 3.17. The summed E-state index contributed by atoms with van der Waals surface area (Å²) in [5, 5.41) is 5.21. The second-order valence-electron chi connectivity index (χ2n) is 4.59. The summed E-state index contributed by atoms with van der Waals surface area (Å²) >= 11 is 5.11. The van der Waals surface area contributed by atoms with Crippen molar-refractivity contribution < 1.29 is 4.74 Å². The predicted molar refractivity (Wildman–Crippen MR) is 96.4 cm³/mol. The van der Waals surface area contributed by atoms with Gasteiger partial charge in [-0.3, -0.25) is 5.43 Å². The van der Waals surface area contributed by atoms with E-state index in [0.29, 0.717) is 0 Å². The maximum Gasteiger partial charge on any atom is 0.182 e. The Morgan fingerprint density at radius 3 is 2.82 bits per heavy atom. The molecule has 0 unspecified atom stereocenters. The number of aliphatic imine (C=N–C) groups is 1. The van der Waals surface area contributed by atoms with Gasteiger partial charge in [0.2, 0.25) is 0 Å². The van der Waals surface area contributed by atoms with E-state index in [-0.39, 0.29) is 0 Å². The minimum Gasteiger partial charge on any atom is -0.497 e. The number of hydrogen-bond donors (Lipinski definition) is 1. The van der Waals surface area contributed by atoms with Gasteiger partial charge in [-0.25, -0.2) is 4.99 Å². The predicted octanol–water partition coefficient (Wildman–Crippen LogP) is 4.19. The van der Waals surface area contributed by atoms with Crippen LogP contribution in [0.15, 0.2) is 63.1 Å². The second-order valence-corrected chi connectivity index (χ2v) is 6.47. The molecule has 6 heteroatoms. The summed E-state index contributed by atoms with van der Waals surface area (Å²) in [4.78, 5) is 4.54. The molecule has 4 nitrogen and oxygen atoms in total. The van der Waals surface area contributed by atoms with Gasteiger partial charge in [0.1, 0.15) is 5.75 Å². The summed E-state index contributed by atoms with van der Waals surface area (Å²) in [6.45, 7) is 0. The molecular formula is C16H14BrN3OS. The maximum atomic E-state index is 5.20. The summed E-state index contributed by atoms with van der Waals surface area (Å²) in [5.74, 6) is 1.58. The fourth-order valence-electron chi connectivity index (χ4n) is 1.99. The summed E-state index contributed by atoms with van der Waals surface area (Å²) < 4.78 is 6.25. The fraction of sp³-hybridized carbons (Fsp3) is 0.125. The van der Waals surface area contributed by atoms with Crippen molar-refractivity contribution in [1.82, 2.24) is 5.43 Å². The monoisotopic (exact) mass is 375 g/mol. The number of thioether (sulfide) groups is 1. The molecule has 0 fully saturated rings. The third-order valence-corrected chi connectivity index (χ3v) is 4.44. The van der Waals surface area contributed by atoms with Gasteiger partial charge in [0.15, 0.2) is 5.17 Å². The van der Waals surface area contributed by atoms with E-state index in [4.69, 9.17) is 4.74 Å². The van der Waals surface area contributed by atoms with Crippen LogP contribution < -0.4 is 10.2 Å². The first-order chi connectivity index (χ1) is 10.7. The average molecular weight is 376 g/mol. The van der Waals surface area contributed by atoms with Gasteiger partial charge in [0.25, 0.3) is 0 Å². The van der Waals surface area contributed by atoms with E-state index in [1.165, 1.54) is 0 Å². The number of hydrogen-bond acceptors (Lipinski definition) is 4. The minimum atomic E-state index is 0.784. The van der Waals surface area contributed by atoms with Crippen molar-refractivity contribution in [3.63, 3.8) is 0 Å². The number of halogens is 1. The topological polar surface area (TPSA) is 46.0 Å². The zero-order valence-electron chi connectivity index (χ0n) is 11.9. The van der Waals surface area contributed by atoms with Gasteiger partial charge in [-0.05, 0) is 29.8 Å². The number of amidine groups is 1. The number of nitrogens with one attached hydrogen (secondary N) is 1. The molecule has 112 valence electrons. The van der Waals surface area contributed by atoms with Gasteiger partial charge in [0.05, 0.1) is 18.5 Å². The number of benzene rings is 2. The molecular weight excluding hydrogens is 362 g/mol. The van der Waals surface area contributed by atoms with Crippen LogP contribution in [0.4, 0.5) is 5.69 Å². The van der Waals surface area contributed by atoms with E-state index < -0.39 is 0 Å². The minimum absolute atomic E-state index is 0.784. The van der Waals surface area contributed by atoms with Gasteiger partial charge in [-0.2, -0.15) is 5.10 Å². The summed E-state index contributed by atoms with van der Waals surface area (Å²) in [6, 6.07) is 15.8. The lowest BCUT2D eigenvalue weighted by molar-refractivity contribution is 0.415. The Bertz CT molecular complexity index is 746. The van der Waals surface area contributed by atoms with E-state index in [0.717, 1.165) is 38.1 Å². The van der Waals surface area contributed by atoms with Crippen LogP contribution in [0.1, 0.15) is 5.56 Å². The Labute approximate surface area is 141 Å². The van der Waals surface area contributed by atoms with Crippen molar-refractivity contribution >= 4 is 44.3 Å². The lowest BCUT2D eigenvalue weighted by atomic mass is 10.1. The van der Waals surface area contributed by atoms with Crippen LogP contribution in [0.25, 0.3) is 0 Å². The van der Waals surface area contributed by atoms with Gasteiger partial charge in [-0.1, -0.05) is 45.9 Å². The molecule has 0 aromatic heterocycles. The quantitative estimate of drug-likeness (QED) is 0.874. The van der Waals surface area contributed by atoms with Crippen LogP contribution >= 0.6 is 27.7 Å². The van der Waals surface area contributed by atoms with Crippen molar-refractivity contribution in [2.45, 2.75) is 0 Å². The molecule has 0 saturated heterocycles. The van der Waals surface area contributed by atoms with Gasteiger partial charge >= 0.3 is 0 Å². The number of rotatable bonds is 3. The number of nitrogens with zero attached hydrogens (tertiary/aromatic N) is 2. The van der Waals surface area contributed by atoms with Crippen molar-refractivity contribution in [2.24, 2.45) is 10.1 Å². The molecule has 0 amide bonds. The van der Waals surface area contributed by atoms with Crippen molar-refractivity contribution in [3.05, 3.63) is 58.6 Å². The summed E-state index contributed by atoms with van der Waals surface area (Å²) in [6.07, 6.45) is 0. The lowest BCUT2D eigenvalue weighted by Crippen LogP contribution is -2.25. The first-order valence-electron chi connectivity index (χ1n) is 6.68. The van der Waals surface area contributed by atoms with E-state index in [1.54, 1.807) is 18.9 Å². The molecule has 0 bridgehead atoms. The second kappa shape index (κ2) is 6.98. The molecule has 1 N–H and O–H groups in total. The molecule has 3 rings (SSSR count). The van der Waals surface area contributed by atoms with E-state index in [1.807, 2.05) is 36.4 Å². The maximum absolute atomic E-state index is 5.20. The standard InChI is InChI=1S/C16H14BrN3OS/c1-21-14-7-3-6-13(9-14)18-16-20-19-15(10-22-16)11-4-2-5-12(17)8-11/h2-9H,10H2,1H3,(H,18,20). The third kappa shape index (κ3) is 3.69. The third-order valence-electron chi connectivity index (χ3n) is 3.07. The average Bonchev–Trinajstić information content (AvgIpc) is 2.56. The van der Waals surface area contributed by atoms with E-state index in [2.05, 4.69) is 43.6 Å². The highest BCUT2D eigenvalue weighted by Gasteiger charge is 2.13. The van der Waals surface area contributed by atoms with E-state index in [9.17, 15) is 0 Å². The highest BCUT2D eigenvalue weighted by molar-refractivity contribution is 9.10. The Morgan fingerprint density at radius 2 is 2.09 bits per heavy atom. The number of hydrazone groups is 1. The SMILES string of the molecule is COc1cccc(N=C2NN=C(c3cccc(Br)c3)CS2)c1. The molecule has 0 spiro atoms. The molecule has 2 aromatic rings. The molecule has 1 aliphatic rings. The normalized spacial score (nSPS) is 16.1. The molecule has 0 aliphatic carbocycles. The van der Waals surface area contributed by atoms with Crippen LogP contribution in [0.3, 0.4) is 0 Å². The van der Waals surface area contributed by atoms with Gasteiger partial charge in [0, 0.05) is 16.3 Å². The summed E-state index contributed by atoms with van der Waals surface area (Å²) in [7, 11) is 1.65. The summed E-state index contributed by atoms with van der Waals surface area (Å²) in [5.41, 5.74) is 5.98. The van der Waals surface area contributed by atoms with Crippen LogP contribution in [0.2, 0.25) is 0 Å². The Morgan fingerprint density at radius 1 is 1.23 bits per heavy atom. The van der Waals surface area contributed by atoms with Crippen LogP contribution in [0.5, 0.6) is 5.75 Å². The molecule has 0 saturated carbocycles. The zero-order chi connectivity index (χ0) is 15.4. The van der Waals surface area contributed by atoms with Gasteiger partial charge in [-0.15, -0.1) is 0 Å². The van der Waals surface area contributed by atoms with Gasteiger partial charge < -0.3 is 4.74 Å². The molecule has 2 aromatic carbocycles. The molecule has 22 heavy (non-hydrogen) atoms. The lowest BCUT2D eigenvalue weighted by Gasteiger charge is -2.15. The first-order valence-corrected chi connectivity index (χ1v) is 8.46. The van der Waals surface area contributed by atoms with E-state index >= 15 is 0 Å². The van der Waals surface area contributed by atoms with Crippen molar-refractivity contribution in [2.75, 3.05) is 12.9 Å². The smallest absolute Gasteiger partial charge is 0.182 e. The molecule has 1 aliphatic heterocycles. The van der Waals surface area contributed by atoms with Crippen molar-refractivity contribution in [1.29, 1.82) is 0 Å². The Balaban J connectivity index is 1.76. The van der Waals surface area contributed by atoms with Crippen LogP contribution in [-0.2, 0) is 0 Å². The molecule has 0 atom stereocenters. The largest absolute Gasteiger partial charge is 0.497 e.